The molecule has 1 rings (SSSR count). The summed E-state index contributed by atoms with van der Waals surface area (Å²) in [4.78, 5) is 0. The van der Waals surface area contributed by atoms with E-state index in [9.17, 15) is 18.3 Å². The summed E-state index contributed by atoms with van der Waals surface area (Å²) in [6.45, 7) is 3.45. The van der Waals surface area contributed by atoms with Gasteiger partial charge >= 0.3 is 6.18 Å². The maximum Gasteiger partial charge on any atom is 0.391 e. The molecule has 0 aromatic heterocycles. The minimum atomic E-state index is -4.17. The minimum Gasteiger partial charge on any atom is -0.390 e. The van der Waals surface area contributed by atoms with Gasteiger partial charge in [-0.15, -0.1) is 6.58 Å². The summed E-state index contributed by atoms with van der Waals surface area (Å²) >= 11 is 0. The number of aliphatic hydroxyl groups is 1. The van der Waals surface area contributed by atoms with Gasteiger partial charge in [-0.25, -0.2) is 0 Å². The second-order valence-electron chi connectivity index (χ2n) is 4.05. The lowest BCUT2D eigenvalue weighted by atomic mass is 9.76. The fourth-order valence-electron chi connectivity index (χ4n) is 2.07. The van der Waals surface area contributed by atoms with E-state index in [1.54, 1.807) is 0 Å². The van der Waals surface area contributed by atoms with Gasteiger partial charge < -0.3 is 5.11 Å². The number of halogens is 3. The van der Waals surface area contributed by atoms with Crippen LogP contribution >= 0.6 is 0 Å². The van der Waals surface area contributed by atoms with Gasteiger partial charge in [-0.2, -0.15) is 13.2 Å². The lowest BCUT2D eigenvalue weighted by Gasteiger charge is -2.36. The Morgan fingerprint density at radius 1 is 1.50 bits per heavy atom. The minimum absolute atomic E-state index is 0.142. The van der Waals surface area contributed by atoms with Gasteiger partial charge in [0.1, 0.15) is 0 Å². The molecule has 2 atom stereocenters. The maximum absolute atomic E-state index is 12.4. The summed E-state index contributed by atoms with van der Waals surface area (Å²) in [6, 6.07) is 0. The quantitative estimate of drug-likeness (QED) is 0.691. The summed E-state index contributed by atoms with van der Waals surface area (Å²) in [5.41, 5.74) is -1.18. The van der Waals surface area contributed by atoms with Crippen LogP contribution in [-0.4, -0.2) is 16.9 Å². The highest BCUT2D eigenvalue weighted by atomic mass is 19.4. The van der Waals surface area contributed by atoms with Crippen molar-refractivity contribution in [2.75, 3.05) is 0 Å². The number of alkyl halides is 3. The van der Waals surface area contributed by atoms with Crippen LogP contribution in [0.3, 0.4) is 0 Å². The van der Waals surface area contributed by atoms with Crippen molar-refractivity contribution in [3.8, 4) is 0 Å². The van der Waals surface area contributed by atoms with Crippen LogP contribution in [0.25, 0.3) is 0 Å². The fourth-order valence-corrected chi connectivity index (χ4v) is 2.07. The fraction of sp³-hybridized carbons (Fsp3) is 0.800. The second-order valence-corrected chi connectivity index (χ2v) is 4.05. The van der Waals surface area contributed by atoms with Gasteiger partial charge in [-0.3, -0.25) is 0 Å². The van der Waals surface area contributed by atoms with Crippen molar-refractivity contribution in [3.05, 3.63) is 12.7 Å². The molecule has 1 fully saturated rings. The third-order valence-corrected chi connectivity index (χ3v) is 2.81. The van der Waals surface area contributed by atoms with E-state index in [4.69, 9.17) is 0 Å². The van der Waals surface area contributed by atoms with Gasteiger partial charge in [-0.05, 0) is 32.1 Å². The van der Waals surface area contributed by atoms with Crippen molar-refractivity contribution in [1.82, 2.24) is 0 Å². The summed E-state index contributed by atoms with van der Waals surface area (Å²) in [5.74, 6) is -1.35. The van der Waals surface area contributed by atoms with Crippen molar-refractivity contribution in [2.45, 2.75) is 43.9 Å². The molecule has 4 heteroatoms. The van der Waals surface area contributed by atoms with E-state index in [1.807, 2.05) is 0 Å². The first-order chi connectivity index (χ1) is 6.37. The SMILES string of the molecule is C=CCC1(O)CCCC(C(F)(F)F)C1. The van der Waals surface area contributed by atoms with E-state index in [2.05, 4.69) is 6.58 Å². The van der Waals surface area contributed by atoms with Crippen LogP contribution in [0.15, 0.2) is 12.7 Å². The van der Waals surface area contributed by atoms with Crippen molar-refractivity contribution >= 4 is 0 Å². The lowest BCUT2D eigenvalue weighted by molar-refractivity contribution is -0.200. The Labute approximate surface area is 81.6 Å². The van der Waals surface area contributed by atoms with E-state index in [0.29, 0.717) is 12.8 Å². The summed E-state index contributed by atoms with van der Waals surface area (Å²) < 4.78 is 37.2. The maximum atomic E-state index is 12.4. The Bertz CT molecular complexity index is 212. The van der Waals surface area contributed by atoms with Crippen LogP contribution in [0.1, 0.15) is 32.1 Å². The van der Waals surface area contributed by atoms with Crippen LogP contribution in [0.5, 0.6) is 0 Å². The molecule has 0 aromatic rings. The molecule has 0 aromatic carbocycles. The van der Waals surface area contributed by atoms with Gasteiger partial charge in [0.25, 0.3) is 0 Å². The van der Waals surface area contributed by atoms with Crippen LogP contribution in [0.4, 0.5) is 13.2 Å². The Hall–Kier alpha value is -0.510. The predicted octanol–water partition coefficient (Wildman–Crippen LogP) is 3.05. The van der Waals surface area contributed by atoms with Crippen LogP contribution in [0, 0.1) is 5.92 Å². The standard InChI is InChI=1S/C10H15F3O/c1-2-5-9(14)6-3-4-8(7-9)10(11,12)13/h2,8,14H,1,3-7H2. The van der Waals surface area contributed by atoms with Crippen molar-refractivity contribution in [2.24, 2.45) is 5.92 Å². The zero-order valence-corrected chi connectivity index (χ0v) is 7.98. The molecule has 1 N–H and O–H groups in total. The van der Waals surface area contributed by atoms with Crippen molar-refractivity contribution < 1.29 is 18.3 Å². The molecule has 2 unspecified atom stereocenters. The highest BCUT2D eigenvalue weighted by Crippen LogP contribution is 2.42. The number of hydrogen-bond donors (Lipinski definition) is 1. The van der Waals surface area contributed by atoms with E-state index in [1.165, 1.54) is 6.08 Å². The average Bonchev–Trinajstić information content (AvgIpc) is 2.02. The molecule has 0 radical (unpaired) electrons. The molecule has 1 aliphatic rings. The molecule has 82 valence electrons. The summed E-state index contributed by atoms with van der Waals surface area (Å²) in [5, 5.41) is 9.83. The molecule has 0 aliphatic heterocycles. The van der Waals surface area contributed by atoms with Gasteiger partial charge in [0, 0.05) is 0 Å². The van der Waals surface area contributed by atoms with Gasteiger partial charge in [0.2, 0.25) is 0 Å². The second kappa shape index (κ2) is 3.93. The first-order valence-electron chi connectivity index (χ1n) is 4.77. The van der Waals surface area contributed by atoms with Gasteiger partial charge in [-0.1, -0.05) is 6.08 Å². The van der Waals surface area contributed by atoms with Crippen molar-refractivity contribution in [3.63, 3.8) is 0 Å². The van der Waals surface area contributed by atoms with Gasteiger partial charge in [0.05, 0.1) is 11.5 Å². The molecular weight excluding hydrogens is 193 g/mol. The Kier molecular flexibility index (Phi) is 3.24. The molecule has 1 aliphatic carbocycles. The molecule has 0 heterocycles. The monoisotopic (exact) mass is 208 g/mol. The molecule has 14 heavy (non-hydrogen) atoms. The highest BCUT2D eigenvalue weighted by molar-refractivity contribution is 4.93. The zero-order chi connectivity index (χ0) is 10.8. The third-order valence-electron chi connectivity index (χ3n) is 2.81. The highest BCUT2D eigenvalue weighted by Gasteiger charge is 2.46. The Balaban J connectivity index is 2.64. The first kappa shape index (κ1) is 11.6. The number of rotatable bonds is 2. The van der Waals surface area contributed by atoms with Crippen LogP contribution < -0.4 is 0 Å². The first-order valence-corrected chi connectivity index (χ1v) is 4.77. The van der Waals surface area contributed by atoms with E-state index in [-0.39, 0.29) is 19.3 Å². The number of hydrogen-bond acceptors (Lipinski definition) is 1. The normalized spacial score (nSPS) is 34.1. The van der Waals surface area contributed by atoms with Gasteiger partial charge in [0.15, 0.2) is 0 Å². The molecule has 0 spiro atoms. The molecular formula is C10H15F3O. The molecule has 1 nitrogen and oxygen atoms in total. The predicted molar refractivity (Wildman–Crippen MR) is 47.8 cm³/mol. The smallest absolute Gasteiger partial charge is 0.390 e. The Morgan fingerprint density at radius 3 is 2.64 bits per heavy atom. The summed E-state index contributed by atoms with van der Waals surface area (Å²) in [7, 11) is 0. The van der Waals surface area contributed by atoms with E-state index >= 15 is 0 Å². The molecule has 0 bridgehead atoms. The zero-order valence-electron chi connectivity index (χ0n) is 7.98. The van der Waals surface area contributed by atoms with Crippen LogP contribution in [0.2, 0.25) is 0 Å². The van der Waals surface area contributed by atoms with Crippen LogP contribution in [-0.2, 0) is 0 Å². The molecule has 0 saturated heterocycles. The summed E-state index contributed by atoms with van der Waals surface area (Å²) in [6.07, 6.45) is -1.58. The largest absolute Gasteiger partial charge is 0.391 e. The van der Waals surface area contributed by atoms with E-state index in [0.717, 1.165) is 0 Å². The average molecular weight is 208 g/mol. The third kappa shape index (κ3) is 2.74. The molecule has 0 amide bonds. The van der Waals surface area contributed by atoms with E-state index < -0.39 is 17.7 Å². The molecule has 1 saturated carbocycles. The van der Waals surface area contributed by atoms with Crippen molar-refractivity contribution in [1.29, 1.82) is 0 Å². The topological polar surface area (TPSA) is 20.2 Å². The lowest BCUT2D eigenvalue weighted by Crippen LogP contribution is -2.39. The Morgan fingerprint density at radius 2 is 2.14 bits per heavy atom.